The third kappa shape index (κ3) is 2.96. The molecule has 23 heavy (non-hydrogen) atoms. The Kier molecular flexibility index (Phi) is 4.11. The van der Waals surface area contributed by atoms with Gasteiger partial charge in [-0.15, -0.1) is 0 Å². The van der Waals surface area contributed by atoms with Crippen LogP contribution >= 0.6 is 0 Å². The molecular formula is C18H23N3O2. The number of aromatic amines is 1. The first-order chi connectivity index (χ1) is 11.0. The van der Waals surface area contributed by atoms with Crippen molar-refractivity contribution in [2.45, 2.75) is 39.2 Å². The standard InChI is InChI=1S/C18H23N3O2/c1-11(2)21-10-14(9-16(21)22)18-19-12(3)17(20-18)13-5-7-15(23-4)8-6-13/h5-8,11,14H,9-10H2,1-4H3,(H,19,20)/t14-/m1/s1. The quantitative estimate of drug-likeness (QED) is 0.943. The molecule has 0 unspecified atom stereocenters. The number of imidazole rings is 1. The van der Waals surface area contributed by atoms with E-state index >= 15 is 0 Å². The number of ether oxygens (including phenoxy) is 1. The zero-order valence-electron chi connectivity index (χ0n) is 14.1. The number of carbonyl (C=O) groups excluding carboxylic acids is 1. The van der Waals surface area contributed by atoms with E-state index in [4.69, 9.17) is 9.72 Å². The smallest absolute Gasteiger partial charge is 0.223 e. The summed E-state index contributed by atoms with van der Waals surface area (Å²) in [4.78, 5) is 22.2. The Morgan fingerprint density at radius 3 is 2.57 bits per heavy atom. The highest BCUT2D eigenvalue weighted by molar-refractivity contribution is 5.80. The molecule has 0 radical (unpaired) electrons. The van der Waals surface area contributed by atoms with Crippen molar-refractivity contribution >= 4 is 5.91 Å². The van der Waals surface area contributed by atoms with Crippen LogP contribution in [-0.2, 0) is 4.79 Å². The zero-order chi connectivity index (χ0) is 16.6. The van der Waals surface area contributed by atoms with E-state index in [2.05, 4.69) is 18.8 Å². The van der Waals surface area contributed by atoms with Crippen LogP contribution in [0.2, 0.25) is 0 Å². The number of amides is 1. The van der Waals surface area contributed by atoms with E-state index < -0.39 is 0 Å². The maximum absolute atomic E-state index is 12.1. The molecule has 1 saturated heterocycles. The predicted octanol–water partition coefficient (Wildman–Crippen LogP) is 3.12. The molecule has 1 aromatic heterocycles. The van der Waals surface area contributed by atoms with Crippen LogP contribution in [0.4, 0.5) is 0 Å². The Hall–Kier alpha value is -2.30. The highest BCUT2D eigenvalue weighted by Crippen LogP contribution is 2.31. The summed E-state index contributed by atoms with van der Waals surface area (Å²) in [6, 6.07) is 8.12. The third-order valence-electron chi connectivity index (χ3n) is 4.43. The lowest BCUT2D eigenvalue weighted by molar-refractivity contribution is -0.129. The highest BCUT2D eigenvalue weighted by atomic mass is 16.5. The Balaban J connectivity index is 1.85. The number of carbonyl (C=O) groups is 1. The normalized spacial score (nSPS) is 18.0. The summed E-state index contributed by atoms with van der Waals surface area (Å²) in [5, 5.41) is 0. The minimum absolute atomic E-state index is 0.149. The molecule has 1 aliphatic heterocycles. The summed E-state index contributed by atoms with van der Waals surface area (Å²) >= 11 is 0. The number of hydrogen-bond acceptors (Lipinski definition) is 3. The number of nitrogens with one attached hydrogen (secondary N) is 1. The summed E-state index contributed by atoms with van der Waals surface area (Å²) in [6.07, 6.45) is 0.535. The van der Waals surface area contributed by atoms with Gasteiger partial charge in [-0.05, 0) is 45.0 Å². The first kappa shape index (κ1) is 15.6. The van der Waals surface area contributed by atoms with Crippen LogP contribution in [0.3, 0.4) is 0 Å². The van der Waals surface area contributed by atoms with Gasteiger partial charge in [0.05, 0.1) is 12.8 Å². The number of rotatable bonds is 4. The molecule has 2 heterocycles. The van der Waals surface area contributed by atoms with Crippen molar-refractivity contribution in [3.63, 3.8) is 0 Å². The van der Waals surface area contributed by atoms with Gasteiger partial charge < -0.3 is 14.6 Å². The van der Waals surface area contributed by atoms with Crippen LogP contribution in [-0.4, -0.2) is 40.5 Å². The molecule has 1 aromatic carbocycles. The molecule has 1 N–H and O–H groups in total. The van der Waals surface area contributed by atoms with E-state index in [0.29, 0.717) is 6.42 Å². The minimum Gasteiger partial charge on any atom is -0.497 e. The van der Waals surface area contributed by atoms with Gasteiger partial charge in [0.1, 0.15) is 11.6 Å². The molecule has 1 fully saturated rings. The lowest BCUT2D eigenvalue weighted by Crippen LogP contribution is -2.31. The third-order valence-corrected chi connectivity index (χ3v) is 4.43. The van der Waals surface area contributed by atoms with Crippen LogP contribution in [0, 0.1) is 6.92 Å². The van der Waals surface area contributed by atoms with Gasteiger partial charge in [-0.2, -0.15) is 0 Å². The van der Waals surface area contributed by atoms with Gasteiger partial charge in [-0.25, -0.2) is 4.98 Å². The van der Waals surface area contributed by atoms with Crippen LogP contribution in [0.1, 0.15) is 37.7 Å². The van der Waals surface area contributed by atoms with Gasteiger partial charge in [0.2, 0.25) is 5.91 Å². The van der Waals surface area contributed by atoms with Crippen molar-refractivity contribution in [2.75, 3.05) is 13.7 Å². The Morgan fingerprint density at radius 1 is 1.30 bits per heavy atom. The Bertz CT molecular complexity index is 704. The van der Waals surface area contributed by atoms with Crippen molar-refractivity contribution in [1.82, 2.24) is 14.9 Å². The number of hydrogen-bond donors (Lipinski definition) is 1. The molecule has 0 spiro atoms. The first-order valence-electron chi connectivity index (χ1n) is 8.00. The van der Waals surface area contributed by atoms with E-state index in [1.165, 1.54) is 0 Å². The first-order valence-corrected chi connectivity index (χ1v) is 8.00. The van der Waals surface area contributed by atoms with Crippen molar-refractivity contribution < 1.29 is 9.53 Å². The van der Waals surface area contributed by atoms with Crippen LogP contribution in [0.5, 0.6) is 5.75 Å². The fourth-order valence-electron chi connectivity index (χ4n) is 3.12. The van der Waals surface area contributed by atoms with Crippen molar-refractivity contribution in [1.29, 1.82) is 0 Å². The number of nitrogens with zero attached hydrogens (tertiary/aromatic N) is 2. The number of H-pyrrole nitrogens is 1. The molecule has 1 aliphatic rings. The van der Waals surface area contributed by atoms with Gasteiger partial charge in [0.25, 0.3) is 0 Å². The van der Waals surface area contributed by atoms with Crippen molar-refractivity contribution in [3.05, 3.63) is 35.8 Å². The Labute approximate surface area is 136 Å². The van der Waals surface area contributed by atoms with E-state index in [0.717, 1.165) is 35.1 Å². The molecule has 2 aromatic rings. The van der Waals surface area contributed by atoms with E-state index in [1.807, 2.05) is 36.1 Å². The minimum atomic E-state index is 0.149. The summed E-state index contributed by atoms with van der Waals surface area (Å²) in [5.74, 6) is 2.10. The zero-order valence-corrected chi connectivity index (χ0v) is 14.1. The topological polar surface area (TPSA) is 58.2 Å². The SMILES string of the molecule is COc1ccc(-c2nc([C@@H]3CC(=O)N(C(C)C)C3)[nH]c2C)cc1. The second-order valence-electron chi connectivity index (χ2n) is 6.37. The fraction of sp³-hybridized carbons (Fsp3) is 0.444. The number of aromatic nitrogens is 2. The van der Waals surface area contributed by atoms with Crippen molar-refractivity contribution in [3.8, 4) is 17.0 Å². The van der Waals surface area contributed by atoms with Gasteiger partial charge in [0.15, 0.2) is 0 Å². The number of likely N-dealkylation sites (tertiary alicyclic amines) is 1. The number of methoxy groups -OCH3 is 1. The van der Waals surface area contributed by atoms with E-state index in [1.54, 1.807) is 7.11 Å². The summed E-state index contributed by atoms with van der Waals surface area (Å²) in [5.41, 5.74) is 3.02. The molecule has 1 atom stereocenters. The molecular weight excluding hydrogens is 290 g/mol. The number of aryl methyl sites for hydroxylation is 1. The molecule has 122 valence electrons. The second kappa shape index (κ2) is 6.07. The van der Waals surface area contributed by atoms with E-state index in [-0.39, 0.29) is 17.9 Å². The average molecular weight is 313 g/mol. The largest absolute Gasteiger partial charge is 0.497 e. The molecule has 1 amide bonds. The molecule has 0 saturated carbocycles. The highest BCUT2D eigenvalue weighted by Gasteiger charge is 2.34. The van der Waals surface area contributed by atoms with Gasteiger partial charge in [0, 0.05) is 36.2 Å². The van der Waals surface area contributed by atoms with Crippen LogP contribution < -0.4 is 4.74 Å². The maximum Gasteiger partial charge on any atom is 0.223 e. The molecule has 0 aliphatic carbocycles. The second-order valence-corrected chi connectivity index (χ2v) is 6.37. The van der Waals surface area contributed by atoms with Gasteiger partial charge in [-0.3, -0.25) is 4.79 Å². The van der Waals surface area contributed by atoms with Crippen molar-refractivity contribution in [2.24, 2.45) is 0 Å². The molecule has 5 heteroatoms. The van der Waals surface area contributed by atoms with E-state index in [9.17, 15) is 4.79 Å². The monoisotopic (exact) mass is 313 g/mol. The molecule has 0 bridgehead atoms. The average Bonchev–Trinajstić information content (AvgIpc) is 3.10. The number of benzene rings is 1. The van der Waals surface area contributed by atoms with Gasteiger partial charge in [-0.1, -0.05) is 0 Å². The molecule has 5 nitrogen and oxygen atoms in total. The Morgan fingerprint density at radius 2 is 2.00 bits per heavy atom. The summed E-state index contributed by atoms with van der Waals surface area (Å²) in [7, 11) is 1.66. The molecule has 3 rings (SSSR count). The predicted molar refractivity (Wildman–Crippen MR) is 89.5 cm³/mol. The lowest BCUT2D eigenvalue weighted by atomic mass is 10.1. The summed E-state index contributed by atoms with van der Waals surface area (Å²) < 4.78 is 5.20. The fourth-order valence-corrected chi connectivity index (χ4v) is 3.12. The maximum atomic E-state index is 12.1. The summed E-state index contributed by atoms with van der Waals surface area (Å²) in [6.45, 7) is 6.87. The van der Waals surface area contributed by atoms with Crippen LogP contribution in [0.25, 0.3) is 11.3 Å². The lowest BCUT2D eigenvalue weighted by Gasteiger charge is -2.20. The van der Waals surface area contributed by atoms with Crippen LogP contribution in [0.15, 0.2) is 24.3 Å². The van der Waals surface area contributed by atoms with Gasteiger partial charge >= 0.3 is 0 Å².